The first-order chi connectivity index (χ1) is 15.8. The molecule has 4 aromatic rings. The van der Waals surface area contributed by atoms with Crippen molar-refractivity contribution in [1.29, 1.82) is 0 Å². The first-order valence-corrected chi connectivity index (χ1v) is 10.9. The van der Waals surface area contributed by atoms with Gasteiger partial charge in [-0.1, -0.05) is 32.0 Å². The first kappa shape index (κ1) is 22.3. The molecule has 33 heavy (non-hydrogen) atoms. The van der Waals surface area contributed by atoms with Gasteiger partial charge in [0.2, 0.25) is 5.91 Å². The molecule has 8 heteroatoms. The number of aryl methyl sites for hydroxylation is 2. The molecule has 170 valence electrons. The predicted octanol–water partition coefficient (Wildman–Crippen LogP) is 3.60. The quantitative estimate of drug-likeness (QED) is 0.456. The van der Waals surface area contributed by atoms with E-state index in [0.717, 1.165) is 22.1 Å². The molecule has 2 N–H and O–H groups in total. The number of nitrogens with zero attached hydrogens (tertiary/aromatic N) is 2. The third kappa shape index (κ3) is 4.24. The van der Waals surface area contributed by atoms with Crippen molar-refractivity contribution in [1.82, 2.24) is 20.6 Å². The Morgan fingerprint density at radius 1 is 1.09 bits per heavy atom. The molecule has 8 nitrogen and oxygen atoms in total. The normalized spacial score (nSPS) is 11.3. The van der Waals surface area contributed by atoms with Crippen LogP contribution in [-0.2, 0) is 17.8 Å². The third-order valence-electron chi connectivity index (χ3n) is 5.71. The number of furan rings is 1. The Kier molecular flexibility index (Phi) is 6.00. The zero-order valence-corrected chi connectivity index (χ0v) is 19.1. The zero-order chi connectivity index (χ0) is 23.7. The molecule has 0 bridgehead atoms. The van der Waals surface area contributed by atoms with Crippen molar-refractivity contribution in [3.05, 3.63) is 75.4 Å². The lowest BCUT2D eigenvalue weighted by Crippen LogP contribution is -2.43. The Balaban J connectivity index is 1.52. The zero-order valence-electron chi connectivity index (χ0n) is 19.1. The molecule has 0 fully saturated rings. The maximum atomic E-state index is 12.8. The summed E-state index contributed by atoms with van der Waals surface area (Å²) in [6.07, 6.45) is 1.61. The molecule has 0 unspecified atom stereocenters. The molecule has 0 saturated carbocycles. The van der Waals surface area contributed by atoms with Gasteiger partial charge in [0.1, 0.15) is 5.58 Å². The van der Waals surface area contributed by atoms with E-state index in [2.05, 4.69) is 35.9 Å². The smallest absolute Gasteiger partial charge is 0.290 e. The molecule has 0 aliphatic rings. The van der Waals surface area contributed by atoms with E-state index in [1.54, 1.807) is 37.5 Å². The summed E-state index contributed by atoms with van der Waals surface area (Å²) in [5.74, 6) is -0.652. The molecule has 0 aliphatic carbocycles. The van der Waals surface area contributed by atoms with Crippen molar-refractivity contribution in [2.45, 2.75) is 46.6 Å². The largest absolute Gasteiger partial charge is 0.464 e. The van der Waals surface area contributed by atoms with Crippen molar-refractivity contribution in [3.63, 3.8) is 0 Å². The Bertz CT molecular complexity index is 1430. The molecule has 2 heterocycles. The second-order valence-corrected chi connectivity index (χ2v) is 8.31. The van der Waals surface area contributed by atoms with Gasteiger partial charge in [-0.15, -0.1) is 0 Å². The van der Waals surface area contributed by atoms with Crippen LogP contribution in [0.25, 0.3) is 21.7 Å². The van der Waals surface area contributed by atoms with Crippen molar-refractivity contribution < 1.29 is 14.0 Å². The van der Waals surface area contributed by atoms with Gasteiger partial charge in [0.15, 0.2) is 5.69 Å². The Morgan fingerprint density at radius 3 is 2.52 bits per heavy atom. The highest BCUT2D eigenvalue weighted by atomic mass is 16.3. The molecule has 4 rings (SSSR count). The van der Waals surface area contributed by atoms with E-state index in [1.165, 1.54) is 10.2 Å². The highest BCUT2D eigenvalue weighted by Crippen LogP contribution is 2.29. The van der Waals surface area contributed by atoms with Crippen LogP contribution in [0.5, 0.6) is 0 Å². The molecular formula is C25H26N4O4. The summed E-state index contributed by atoms with van der Waals surface area (Å²) in [5, 5.41) is 5.88. The van der Waals surface area contributed by atoms with Crippen molar-refractivity contribution in [2.24, 2.45) is 0 Å². The van der Waals surface area contributed by atoms with Crippen LogP contribution in [0, 0.1) is 6.92 Å². The lowest BCUT2D eigenvalue weighted by atomic mass is 9.95. The number of hydrazine groups is 1. The van der Waals surface area contributed by atoms with Crippen LogP contribution in [0.15, 0.2) is 51.9 Å². The minimum Gasteiger partial charge on any atom is -0.464 e. The van der Waals surface area contributed by atoms with Gasteiger partial charge in [-0.25, -0.2) is 4.68 Å². The van der Waals surface area contributed by atoms with Crippen LogP contribution in [0.4, 0.5) is 0 Å². The summed E-state index contributed by atoms with van der Waals surface area (Å²) in [5.41, 5.74) is 8.46. The van der Waals surface area contributed by atoms with Gasteiger partial charge in [-0.3, -0.25) is 25.2 Å². The number of carbonyl (C=O) groups excluding carboxylic acids is 2. The van der Waals surface area contributed by atoms with Crippen molar-refractivity contribution >= 4 is 33.6 Å². The minimum atomic E-state index is -0.600. The highest BCUT2D eigenvalue weighted by Gasteiger charge is 2.18. The molecule has 2 aromatic heterocycles. The van der Waals surface area contributed by atoms with Crippen LogP contribution in [0.3, 0.4) is 0 Å². The highest BCUT2D eigenvalue weighted by molar-refractivity contribution is 6.05. The van der Waals surface area contributed by atoms with Gasteiger partial charge < -0.3 is 4.42 Å². The molecule has 2 aromatic carbocycles. The SMILES string of the molecule is CCn1nc(C(=O)NNC(=O)Cc2coc3cc(C)c(C(C)C)cc23)c2ccccc2c1=O. The monoisotopic (exact) mass is 446 g/mol. The summed E-state index contributed by atoms with van der Waals surface area (Å²) in [6.45, 7) is 8.37. The van der Waals surface area contributed by atoms with E-state index in [1.807, 2.05) is 13.0 Å². The second-order valence-electron chi connectivity index (χ2n) is 8.31. The molecule has 2 amide bonds. The molecule has 0 aliphatic heterocycles. The first-order valence-electron chi connectivity index (χ1n) is 10.9. The number of rotatable bonds is 5. The predicted molar refractivity (Wildman–Crippen MR) is 126 cm³/mol. The number of benzene rings is 2. The topological polar surface area (TPSA) is 106 Å². The maximum absolute atomic E-state index is 12.8. The van der Waals surface area contributed by atoms with Crippen molar-refractivity contribution in [2.75, 3.05) is 0 Å². The van der Waals surface area contributed by atoms with Crippen LogP contribution in [0.1, 0.15) is 53.9 Å². The summed E-state index contributed by atoms with van der Waals surface area (Å²) >= 11 is 0. The average molecular weight is 447 g/mol. The van der Waals surface area contributed by atoms with E-state index in [-0.39, 0.29) is 17.7 Å². The third-order valence-corrected chi connectivity index (χ3v) is 5.71. The second kappa shape index (κ2) is 8.90. The minimum absolute atomic E-state index is 0.0382. The molecule has 0 saturated heterocycles. The summed E-state index contributed by atoms with van der Waals surface area (Å²) < 4.78 is 6.86. The summed E-state index contributed by atoms with van der Waals surface area (Å²) in [4.78, 5) is 37.8. The van der Waals surface area contributed by atoms with Crippen LogP contribution in [0.2, 0.25) is 0 Å². The Labute approximate surface area is 190 Å². The maximum Gasteiger partial charge on any atom is 0.290 e. The van der Waals surface area contributed by atoms with Gasteiger partial charge in [0.05, 0.1) is 18.1 Å². The van der Waals surface area contributed by atoms with E-state index in [4.69, 9.17) is 4.42 Å². The van der Waals surface area contributed by atoms with E-state index >= 15 is 0 Å². The lowest BCUT2D eigenvalue weighted by molar-refractivity contribution is -0.121. The molecule has 0 atom stereocenters. The van der Waals surface area contributed by atoms with E-state index in [0.29, 0.717) is 23.2 Å². The van der Waals surface area contributed by atoms with E-state index < -0.39 is 11.8 Å². The van der Waals surface area contributed by atoms with Crippen LogP contribution in [-0.4, -0.2) is 21.6 Å². The number of carbonyl (C=O) groups is 2. The fourth-order valence-corrected chi connectivity index (χ4v) is 4.02. The number of fused-ring (bicyclic) bond motifs is 2. The fraction of sp³-hybridized carbons (Fsp3) is 0.280. The lowest BCUT2D eigenvalue weighted by Gasteiger charge is -2.11. The average Bonchev–Trinajstić information content (AvgIpc) is 3.18. The van der Waals surface area contributed by atoms with Gasteiger partial charge in [-0.2, -0.15) is 5.10 Å². The fourth-order valence-electron chi connectivity index (χ4n) is 4.02. The number of nitrogens with one attached hydrogen (secondary N) is 2. The van der Waals surface area contributed by atoms with E-state index in [9.17, 15) is 14.4 Å². The summed E-state index contributed by atoms with van der Waals surface area (Å²) in [6, 6.07) is 10.8. The number of amides is 2. The molecule has 0 radical (unpaired) electrons. The molecule has 0 spiro atoms. The van der Waals surface area contributed by atoms with Gasteiger partial charge in [0, 0.05) is 22.9 Å². The Hall–Kier alpha value is -3.94. The number of aromatic nitrogens is 2. The van der Waals surface area contributed by atoms with Crippen molar-refractivity contribution in [3.8, 4) is 0 Å². The van der Waals surface area contributed by atoms with Gasteiger partial charge >= 0.3 is 0 Å². The molecular weight excluding hydrogens is 420 g/mol. The summed E-state index contributed by atoms with van der Waals surface area (Å²) in [7, 11) is 0. The number of hydrogen-bond acceptors (Lipinski definition) is 5. The standard InChI is InChI=1S/C25H26N4O4/c1-5-29-25(32)18-9-7-6-8-17(18)23(28-29)24(31)27-26-22(30)11-16-13-33-21-10-15(4)19(14(2)3)12-20(16)21/h6-10,12-14H,5,11H2,1-4H3,(H,26,30)(H,27,31). The van der Waals surface area contributed by atoms with Gasteiger partial charge in [-0.05, 0) is 49.1 Å². The van der Waals surface area contributed by atoms with Gasteiger partial charge in [0.25, 0.3) is 11.5 Å². The van der Waals surface area contributed by atoms with Crippen LogP contribution >= 0.6 is 0 Å². The number of hydrogen-bond donors (Lipinski definition) is 2. The Morgan fingerprint density at radius 2 is 1.82 bits per heavy atom. The van der Waals surface area contributed by atoms with Crippen LogP contribution < -0.4 is 16.4 Å².